The van der Waals surface area contributed by atoms with Crippen LogP contribution >= 0.6 is 11.6 Å². The van der Waals surface area contributed by atoms with Gasteiger partial charge in [0.05, 0.1) is 0 Å². The van der Waals surface area contributed by atoms with Crippen LogP contribution in [0.5, 0.6) is 0 Å². The Kier molecular flexibility index (Phi) is 5.79. The van der Waals surface area contributed by atoms with Crippen molar-refractivity contribution in [2.45, 2.75) is 26.7 Å². The predicted octanol–water partition coefficient (Wildman–Crippen LogP) is 3.32. The maximum atomic E-state index is 6.23. The molecule has 0 spiro atoms. The average Bonchev–Trinajstić information content (AvgIpc) is 2.28. The quantitative estimate of drug-likeness (QED) is 0.844. The molecule has 0 radical (unpaired) electrons. The lowest BCUT2D eigenvalue weighted by Crippen LogP contribution is -2.19. The number of anilines is 1. The molecule has 0 aliphatic carbocycles. The van der Waals surface area contributed by atoms with Crippen molar-refractivity contribution in [1.82, 2.24) is 0 Å². The van der Waals surface area contributed by atoms with Crippen LogP contribution in [0.25, 0.3) is 0 Å². The summed E-state index contributed by atoms with van der Waals surface area (Å²) in [6.45, 7) is 6.18. The van der Waals surface area contributed by atoms with Gasteiger partial charge < -0.3 is 10.6 Å². The van der Waals surface area contributed by atoms with E-state index in [1.54, 1.807) is 0 Å². The van der Waals surface area contributed by atoms with Gasteiger partial charge >= 0.3 is 0 Å². The van der Waals surface area contributed by atoms with Crippen molar-refractivity contribution in [3.05, 3.63) is 28.8 Å². The van der Waals surface area contributed by atoms with Crippen LogP contribution in [0.4, 0.5) is 5.69 Å². The van der Waals surface area contributed by atoms with Gasteiger partial charge in [-0.2, -0.15) is 0 Å². The largest absolute Gasteiger partial charge is 0.375 e. The van der Waals surface area contributed by atoms with Gasteiger partial charge in [0.2, 0.25) is 0 Å². The van der Waals surface area contributed by atoms with Crippen molar-refractivity contribution in [2.24, 2.45) is 11.7 Å². The second-order valence-electron chi connectivity index (χ2n) is 4.92. The third-order valence-electron chi connectivity index (χ3n) is 2.93. The summed E-state index contributed by atoms with van der Waals surface area (Å²) >= 11 is 6.23. The summed E-state index contributed by atoms with van der Waals surface area (Å²) in [4.78, 5) is 2.25. The van der Waals surface area contributed by atoms with E-state index in [1.807, 2.05) is 6.07 Å². The summed E-state index contributed by atoms with van der Waals surface area (Å²) in [7, 11) is 2.11. The first-order chi connectivity index (χ1) is 8.04. The predicted molar refractivity (Wildman–Crippen MR) is 76.9 cm³/mol. The number of rotatable bonds is 6. The summed E-state index contributed by atoms with van der Waals surface area (Å²) < 4.78 is 0. The minimum atomic E-state index is 0.641. The molecule has 0 atom stereocenters. The normalized spacial score (nSPS) is 10.9. The summed E-state index contributed by atoms with van der Waals surface area (Å²) in [5, 5.41) is 0.823. The molecule has 0 fully saturated rings. The second-order valence-corrected chi connectivity index (χ2v) is 5.33. The molecule has 0 aliphatic heterocycles. The number of nitrogens with zero attached hydrogens (tertiary/aromatic N) is 1. The Bertz CT molecular complexity index is 350. The van der Waals surface area contributed by atoms with Gasteiger partial charge in [-0.3, -0.25) is 0 Å². The number of hydrogen-bond acceptors (Lipinski definition) is 2. The van der Waals surface area contributed by atoms with Gasteiger partial charge in [-0.15, -0.1) is 0 Å². The van der Waals surface area contributed by atoms with E-state index in [1.165, 1.54) is 12.1 Å². The fourth-order valence-electron chi connectivity index (χ4n) is 1.71. The van der Waals surface area contributed by atoms with Gasteiger partial charge in [-0.1, -0.05) is 31.5 Å². The SMILES string of the molecule is CC(C)CCN(C)c1ccc(CCN)c(Cl)c1. The van der Waals surface area contributed by atoms with Gasteiger partial charge in [0, 0.05) is 24.3 Å². The van der Waals surface area contributed by atoms with E-state index >= 15 is 0 Å². The van der Waals surface area contributed by atoms with E-state index in [0.29, 0.717) is 6.54 Å². The first-order valence-corrected chi connectivity index (χ1v) is 6.62. The molecule has 96 valence electrons. The molecular formula is C14H23ClN2. The summed E-state index contributed by atoms with van der Waals surface area (Å²) in [5.74, 6) is 0.726. The smallest absolute Gasteiger partial charge is 0.0459 e. The Morgan fingerprint density at radius 2 is 2.06 bits per heavy atom. The fraction of sp³-hybridized carbons (Fsp3) is 0.571. The molecule has 0 heterocycles. The van der Waals surface area contributed by atoms with Crippen LogP contribution in [0.15, 0.2) is 18.2 Å². The van der Waals surface area contributed by atoms with E-state index < -0.39 is 0 Å². The fourth-order valence-corrected chi connectivity index (χ4v) is 1.98. The molecule has 0 amide bonds. The number of halogens is 1. The van der Waals surface area contributed by atoms with Gasteiger partial charge in [0.1, 0.15) is 0 Å². The van der Waals surface area contributed by atoms with E-state index in [2.05, 4.69) is 37.9 Å². The lowest BCUT2D eigenvalue weighted by atomic mass is 10.1. The maximum Gasteiger partial charge on any atom is 0.0459 e. The molecule has 2 nitrogen and oxygen atoms in total. The first-order valence-electron chi connectivity index (χ1n) is 6.24. The molecule has 0 unspecified atom stereocenters. The van der Waals surface area contributed by atoms with Crippen molar-refractivity contribution in [3.8, 4) is 0 Å². The van der Waals surface area contributed by atoms with Gasteiger partial charge in [0.15, 0.2) is 0 Å². The van der Waals surface area contributed by atoms with Crippen LogP contribution in [0.2, 0.25) is 5.02 Å². The molecule has 0 saturated heterocycles. The van der Waals surface area contributed by atoms with Crippen LogP contribution < -0.4 is 10.6 Å². The van der Waals surface area contributed by atoms with Crippen LogP contribution in [-0.4, -0.2) is 20.1 Å². The van der Waals surface area contributed by atoms with Gasteiger partial charge in [-0.05, 0) is 43.0 Å². The molecule has 1 aromatic rings. The van der Waals surface area contributed by atoms with E-state index in [0.717, 1.165) is 29.5 Å². The average molecular weight is 255 g/mol. The van der Waals surface area contributed by atoms with Crippen LogP contribution in [0, 0.1) is 5.92 Å². The number of hydrogen-bond donors (Lipinski definition) is 1. The van der Waals surface area contributed by atoms with Crippen molar-refractivity contribution in [3.63, 3.8) is 0 Å². The van der Waals surface area contributed by atoms with Crippen LogP contribution in [0.1, 0.15) is 25.8 Å². The minimum absolute atomic E-state index is 0.641. The Morgan fingerprint density at radius 1 is 1.35 bits per heavy atom. The molecule has 1 aromatic carbocycles. The second kappa shape index (κ2) is 6.87. The summed E-state index contributed by atoms with van der Waals surface area (Å²) in [6, 6.07) is 6.24. The standard InChI is InChI=1S/C14H23ClN2/c1-11(2)7-9-17(3)13-5-4-12(6-8-16)14(15)10-13/h4-5,10-11H,6-9,16H2,1-3H3. The molecule has 0 bridgehead atoms. The number of benzene rings is 1. The highest BCUT2D eigenvalue weighted by Crippen LogP contribution is 2.23. The maximum absolute atomic E-state index is 6.23. The van der Waals surface area contributed by atoms with E-state index in [-0.39, 0.29) is 0 Å². The van der Waals surface area contributed by atoms with E-state index in [9.17, 15) is 0 Å². The van der Waals surface area contributed by atoms with E-state index in [4.69, 9.17) is 17.3 Å². The highest BCUT2D eigenvalue weighted by Gasteiger charge is 2.05. The Balaban J connectivity index is 2.68. The van der Waals surface area contributed by atoms with Crippen molar-refractivity contribution in [2.75, 3.05) is 25.0 Å². The lowest BCUT2D eigenvalue weighted by molar-refractivity contribution is 0.585. The molecule has 17 heavy (non-hydrogen) atoms. The molecule has 3 heteroatoms. The highest BCUT2D eigenvalue weighted by atomic mass is 35.5. The topological polar surface area (TPSA) is 29.3 Å². The Labute approximate surface area is 110 Å². The molecule has 2 N–H and O–H groups in total. The molecule has 0 aromatic heterocycles. The zero-order valence-electron chi connectivity index (χ0n) is 11.0. The lowest BCUT2D eigenvalue weighted by Gasteiger charge is -2.21. The first kappa shape index (κ1) is 14.3. The van der Waals surface area contributed by atoms with Gasteiger partial charge in [-0.25, -0.2) is 0 Å². The monoisotopic (exact) mass is 254 g/mol. The summed E-state index contributed by atoms with van der Waals surface area (Å²) in [5.41, 5.74) is 7.85. The highest BCUT2D eigenvalue weighted by molar-refractivity contribution is 6.31. The van der Waals surface area contributed by atoms with Crippen molar-refractivity contribution in [1.29, 1.82) is 0 Å². The zero-order chi connectivity index (χ0) is 12.8. The molecular weight excluding hydrogens is 232 g/mol. The third kappa shape index (κ3) is 4.57. The molecule has 0 aliphatic rings. The minimum Gasteiger partial charge on any atom is -0.375 e. The van der Waals surface area contributed by atoms with Crippen LogP contribution in [-0.2, 0) is 6.42 Å². The Morgan fingerprint density at radius 3 is 2.59 bits per heavy atom. The third-order valence-corrected chi connectivity index (χ3v) is 3.28. The van der Waals surface area contributed by atoms with Crippen molar-refractivity contribution >= 4 is 17.3 Å². The van der Waals surface area contributed by atoms with Crippen LogP contribution in [0.3, 0.4) is 0 Å². The zero-order valence-corrected chi connectivity index (χ0v) is 11.8. The number of nitrogens with two attached hydrogens (primary N) is 1. The van der Waals surface area contributed by atoms with Gasteiger partial charge in [0.25, 0.3) is 0 Å². The molecule has 1 rings (SSSR count). The molecule has 0 saturated carbocycles. The Hall–Kier alpha value is -0.730. The summed E-state index contributed by atoms with van der Waals surface area (Å²) in [6.07, 6.45) is 2.04. The van der Waals surface area contributed by atoms with Crippen molar-refractivity contribution < 1.29 is 0 Å².